The highest BCUT2D eigenvalue weighted by atomic mass is 35.5. The van der Waals surface area contributed by atoms with Crippen LogP contribution in [0.15, 0.2) is 48.1 Å². The number of hydrogen-bond donors (Lipinski definition) is 1. The third kappa shape index (κ3) is 6.20. The van der Waals surface area contributed by atoms with Gasteiger partial charge in [0, 0.05) is 34.7 Å². The smallest absolute Gasteiger partial charge is 0.289 e. The van der Waals surface area contributed by atoms with E-state index >= 15 is 0 Å². The van der Waals surface area contributed by atoms with Crippen molar-refractivity contribution in [3.05, 3.63) is 64.6 Å². The van der Waals surface area contributed by atoms with Gasteiger partial charge in [-0.15, -0.1) is 0 Å². The number of benzene rings is 1. The van der Waals surface area contributed by atoms with Gasteiger partial charge in [0.25, 0.3) is 11.8 Å². The first-order valence-electron chi connectivity index (χ1n) is 9.26. The van der Waals surface area contributed by atoms with Gasteiger partial charge in [-0.05, 0) is 13.0 Å². The van der Waals surface area contributed by atoms with Gasteiger partial charge in [-0.25, -0.2) is 27.2 Å². The summed E-state index contributed by atoms with van der Waals surface area (Å²) in [6.45, 7) is 1.58. The highest BCUT2D eigenvalue weighted by molar-refractivity contribution is 7.93. The number of halogens is 3. The van der Waals surface area contributed by atoms with Crippen molar-refractivity contribution < 1.29 is 26.7 Å². The first-order valence-corrected chi connectivity index (χ1v) is 11.6. The number of carbonyl (C=O) groups excluding carboxylic acids is 1. The van der Waals surface area contributed by atoms with Crippen LogP contribution in [0.4, 0.5) is 8.78 Å². The molecule has 1 N–H and O–H groups in total. The van der Waals surface area contributed by atoms with Crippen LogP contribution in [0.2, 0.25) is 5.02 Å². The van der Waals surface area contributed by atoms with Crippen LogP contribution in [-0.4, -0.2) is 42.5 Å². The summed E-state index contributed by atoms with van der Waals surface area (Å²) < 4.78 is 55.5. The molecule has 0 unspecified atom stereocenters. The van der Waals surface area contributed by atoms with E-state index in [1.165, 1.54) is 18.5 Å². The molecule has 31 heavy (non-hydrogen) atoms. The van der Waals surface area contributed by atoms with Crippen LogP contribution >= 0.6 is 11.6 Å². The quantitative estimate of drug-likeness (QED) is 0.632. The molecule has 3 atom stereocenters. The Labute approximate surface area is 183 Å². The third-order valence-electron chi connectivity index (χ3n) is 4.52. The number of nitrogens with one attached hydrogen (secondary N) is 1. The molecule has 1 saturated carbocycles. The maximum absolute atomic E-state index is 13.7. The van der Waals surface area contributed by atoms with Crippen molar-refractivity contribution in [1.29, 1.82) is 0 Å². The fourth-order valence-corrected chi connectivity index (χ4v) is 3.62. The molecule has 0 spiro atoms. The number of amides is 1. The Bertz CT molecular complexity index is 1090. The van der Waals surface area contributed by atoms with Crippen LogP contribution in [-0.2, 0) is 9.84 Å². The van der Waals surface area contributed by atoms with Crippen molar-refractivity contribution in [2.45, 2.75) is 31.4 Å². The summed E-state index contributed by atoms with van der Waals surface area (Å²) in [5, 5.41) is 3.82. The maximum Gasteiger partial charge on any atom is 0.289 e. The van der Waals surface area contributed by atoms with E-state index in [-0.39, 0.29) is 18.0 Å². The zero-order chi connectivity index (χ0) is 22.8. The van der Waals surface area contributed by atoms with Crippen LogP contribution in [0.25, 0.3) is 0 Å². The number of hydrogen-bond acceptors (Lipinski definition) is 6. The largest absolute Gasteiger partial charge is 0.482 e. The SMILES string of the molecule is C[C@H](/C=C/S(C)(=O)=O)NC(=O)c1ncc(O[C@H](c2ccccc2Cl)[C@@H]2CC2(F)F)cn1. The molecular formula is C20H20ClF2N3O4S. The number of aromatic nitrogens is 2. The molecule has 1 heterocycles. The van der Waals surface area contributed by atoms with Gasteiger partial charge in [-0.1, -0.05) is 35.9 Å². The summed E-state index contributed by atoms with van der Waals surface area (Å²) in [7, 11) is -3.32. The molecule has 3 rings (SSSR count). The summed E-state index contributed by atoms with van der Waals surface area (Å²) in [5.74, 6) is -4.58. The Morgan fingerprint density at radius 1 is 1.32 bits per heavy atom. The number of carbonyl (C=O) groups is 1. The van der Waals surface area contributed by atoms with Crippen molar-refractivity contribution in [2.75, 3.05) is 6.26 Å². The Balaban J connectivity index is 1.71. The van der Waals surface area contributed by atoms with Gasteiger partial charge in [0.2, 0.25) is 5.82 Å². The molecule has 1 aliphatic carbocycles. The fraction of sp³-hybridized carbons (Fsp3) is 0.350. The molecular weight excluding hydrogens is 452 g/mol. The highest BCUT2D eigenvalue weighted by Gasteiger charge is 2.62. The van der Waals surface area contributed by atoms with Gasteiger partial charge in [0.15, 0.2) is 15.6 Å². The molecule has 1 amide bonds. The van der Waals surface area contributed by atoms with Crippen LogP contribution in [0.3, 0.4) is 0 Å². The van der Waals surface area contributed by atoms with Crippen molar-refractivity contribution in [2.24, 2.45) is 5.92 Å². The van der Waals surface area contributed by atoms with Crippen molar-refractivity contribution in [3.8, 4) is 5.75 Å². The summed E-state index contributed by atoms with van der Waals surface area (Å²) in [5.41, 5.74) is 0.430. The second-order valence-electron chi connectivity index (χ2n) is 7.29. The molecule has 1 aromatic carbocycles. The lowest BCUT2D eigenvalue weighted by molar-refractivity contribution is 0.0571. The lowest BCUT2D eigenvalue weighted by atomic mass is 10.0. The lowest BCUT2D eigenvalue weighted by Gasteiger charge is -2.20. The molecule has 1 fully saturated rings. The van der Waals surface area contributed by atoms with Gasteiger partial charge >= 0.3 is 0 Å². The van der Waals surface area contributed by atoms with E-state index in [1.54, 1.807) is 31.2 Å². The molecule has 1 aromatic heterocycles. The third-order valence-corrected chi connectivity index (χ3v) is 5.51. The average Bonchev–Trinajstić information content (AvgIpc) is 3.33. The van der Waals surface area contributed by atoms with Crippen molar-refractivity contribution in [3.63, 3.8) is 0 Å². The number of ether oxygens (including phenoxy) is 1. The molecule has 1 aliphatic rings. The fourth-order valence-electron chi connectivity index (χ4n) is 2.85. The van der Waals surface area contributed by atoms with Gasteiger partial charge in [-0.2, -0.15) is 0 Å². The molecule has 0 radical (unpaired) electrons. The van der Waals surface area contributed by atoms with E-state index in [0.717, 1.165) is 11.7 Å². The van der Waals surface area contributed by atoms with Gasteiger partial charge in [-0.3, -0.25) is 4.79 Å². The topological polar surface area (TPSA) is 98.2 Å². The standard InChI is InChI=1S/C20H20ClF2N3O4S/c1-12(7-8-31(2,28)29)26-19(27)18-24-10-13(11-25-18)30-17(15-9-20(15,22)23)14-5-3-4-6-16(14)21/h3-8,10-12,15,17H,9H2,1-2H3,(H,26,27)/b8-7+/t12-,15+,17-/m1/s1. The second kappa shape index (κ2) is 8.88. The van der Waals surface area contributed by atoms with Crippen LogP contribution in [0.1, 0.15) is 35.6 Å². The molecule has 0 saturated heterocycles. The first kappa shape index (κ1) is 23.1. The number of rotatable bonds is 8. The zero-order valence-corrected chi connectivity index (χ0v) is 18.2. The van der Waals surface area contributed by atoms with Crippen LogP contribution in [0, 0.1) is 5.92 Å². The molecule has 11 heteroatoms. The monoisotopic (exact) mass is 471 g/mol. The van der Waals surface area contributed by atoms with Crippen molar-refractivity contribution >= 4 is 27.3 Å². The van der Waals surface area contributed by atoms with Crippen LogP contribution < -0.4 is 10.1 Å². The van der Waals surface area contributed by atoms with Crippen LogP contribution in [0.5, 0.6) is 5.75 Å². The van der Waals surface area contributed by atoms with E-state index in [0.29, 0.717) is 10.6 Å². The minimum Gasteiger partial charge on any atom is -0.482 e. The predicted octanol–water partition coefficient (Wildman–Crippen LogP) is 3.58. The molecule has 7 nitrogen and oxygen atoms in total. The molecule has 0 bridgehead atoms. The first-order chi connectivity index (χ1) is 14.5. The van der Waals surface area contributed by atoms with E-state index in [9.17, 15) is 22.0 Å². The molecule has 0 aliphatic heterocycles. The summed E-state index contributed by atoms with van der Waals surface area (Å²) in [6, 6.07) is 6.01. The van der Waals surface area contributed by atoms with E-state index in [4.69, 9.17) is 16.3 Å². The summed E-state index contributed by atoms with van der Waals surface area (Å²) >= 11 is 6.17. The van der Waals surface area contributed by atoms with Gasteiger partial charge in [0.1, 0.15) is 6.10 Å². The normalized spacial score (nSPS) is 19.6. The Morgan fingerprint density at radius 3 is 2.48 bits per heavy atom. The average molecular weight is 472 g/mol. The highest BCUT2D eigenvalue weighted by Crippen LogP contribution is 2.56. The number of sulfone groups is 1. The molecule has 2 aromatic rings. The molecule has 166 valence electrons. The minimum atomic E-state index is -3.32. The minimum absolute atomic E-state index is 0.106. The zero-order valence-electron chi connectivity index (χ0n) is 16.6. The number of alkyl halides is 2. The summed E-state index contributed by atoms with van der Waals surface area (Å²) in [6.07, 6.45) is 3.46. The Kier molecular flexibility index (Phi) is 6.61. The van der Waals surface area contributed by atoms with E-state index in [1.807, 2.05) is 0 Å². The lowest BCUT2D eigenvalue weighted by Crippen LogP contribution is -2.32. The Morgan fingerprint density at radius 2 is 1.94 bits per heavy atom. The maximum atomic E-state index is 13.7. The van der Waals surface area contributed by atoms with E-state index < -0.39 is 39.7 Å². The second-order valence-corrected chi connectivity index (χ2v) is 9.63. The predicted molar refractivity (Wildman–Crippen MR) is 111 cm³/mol. The van der Waals surface area contributed by atoms with Gasteiger partial charge in [0.05, 0.1) is 18.3 Å². The number of nitrogens with zero attached hydrogens (tertiary/aromatic N) is 2. The summed E-state index contributed by atoms with van der Waals surface area (Å²) in [4.78, 5) is 20.0. The van der Waals surface area contributed by atoms with Crippen molar-refractivity contribution in [1.82, 2.24) is 15.3 Å². The van der Waals surface area contributed by atoms with E-state index in [2.05, 4.69) is 15.3 Å². The van der Waals surface area contributed by atoms with Gasteiger partial charge < -0.3 is 10.1 Å². The Hall–Kier alpha value is -2.59.